The van der Waals surface area contributed by atoms with Crippen molar-refractivity contribution in [3.8, 4) is 5.75 Å². The van der Waals surface area contributed by atoms with E-state index in [-0.39, 0.29) is 15.7 Å². The first kappa shape index (κ1) is 25.6. The van der Waals surface area contributed by atoms with Gasteiger partial charge in [0.25, 0.3) is 21.8 Å². The number of thiazole rings is 1. The van der Waals surface area contributed by atoms with Crippen LogP contribution in [0.15, 0.2) is 101 Å². The SMILES string of the molecule is COc1ccc(C=C(NC(=O)c2ccccc2)C(=O)Nc2ccc(S(=O)(=O)Nc3nccs3)cc2)cc1. The zero-order valence-electron chi connectivity index (χ0n) is 19.5. The van der Waals surface area contributed by atoms with Gasteiger partial charge in [0.05, 0.1) is 12.0 Å². The minimum Gasteiger partial charge on any atom is -0.497 e. The Balaban J connectivity index is 1.54. The van der Waals surface area contributed by atoms with Crippen LogP contribution < -0.4 is 20.1 Å². The van der Waals surface area contributed by atoms with Gasteiger partial charge >= 0.3 is 0 Å². The molecule has 0 radical (unpaired) electrons. The van der Waals surface area contributed by atoms with Gasteiger partial charge in [0.15, 0.2) is 5.13 Å². The zero-order chi connectivity index (χ0) is 26.3. The van der Waals surface area contributed by atoms with E-state index in [1.807, 2.05) is 0 Å². The van der Waals surface area contributed by atoms with E-state index in [0.29, 0.717) is 22.6 Å². The van der Waals surface area contributed by atoms with Gasteiger partial charge in [-0.1, -0.05) is 30.3 Å². The molecule has 2 amide bonds. The number of methoxy groups -OCH3 is 1. The predicted molar refractivity (Wildman–Crippen MR) is 143 cm³/mol. The maximum Gasteiger partial charge on any atom is 0.272 e. The molecule has 0 saturated heterocycles. The van der Waals surface area contributed by atoms with Gasteiger partial charge in [-0.15, -0.1) is 11.3 Å². The lowest BCUT2D eigenvalue weighted by atomic mass is 10.1. The quantitative estimate of drug-likeness (QED) is 0.274. The monoisotopic (exact) mass is 534 g/mol. The highest BCUT2D eigenvalue weighted by molar-refractivity contribution is 7.93. The summed E-state index contributed by atoms with van der Waals surface area (Å²) in [6, 6.07) is 21.1. The number of nitrogens with zero attached hydrogens (tertiary/aromatic N) is 1. The van der Waals surface area contributed by atoms with Crippen LogP contribution >= 0.6 is 11.3 Å². The smallest absolute Gasteiger partial charge is 0.272 e. The molecule has 4 rings (SSSR count). The Kier molecular flexibility index (Phi) is 7.96. The van der Waals surface area contributed by atoms with Crippen molar-refractivity contribution in [2.45, 2.75) is 4.90 Å². The van der Waals surface area contributed by atoms with Crippen molar-refractivity contribution < 1.29 is 22.7 Å². The van der Waals surface area contributed by atoms with Gasteiger partial charge < -0.3 is 15.4 Å². The van der Waals surface area contributed by atoms with Crippen LogP contribution in [0.2, 0.25) is 0 Å². The van der Waals surface area contributed by atoms with Crippen molar-refractivity contribution in [2.24, 2.45) is 0 Å². The molecule has 3 N–H and O–H groups in total. The summed E-state index contributed by atoms with van der Waals surface area (Å²) in [6.07, 6.45) is 3.03. The summed E-state index contributed by atoms with van der Waals surface area (Å²) < 4.78 is 32.7. The molecule has 0 bridgehead atoms. The fourth-order valence-electron chi connectivity index (χ4n) is 3.17. The van der Waals surface area contributed by atoms with E-state index < -0.39 is 21.8 Å². The van der Waals surface area contributed by atoms with Crippen LogP contribution in [0.4, 0.5) is 10.8 Å². The average molecular weight is 535 g/mol. The Bertz CT molecular complexity index is 1500. The highest BCUT2D eigenvalue weighted by Gasteiger charge is 2.18. The topological polar surface area (TPSA) is 126 Å². The summed E-state index contributed by atoms with van der Waals surface area (Å²) in [7, 11) is -2.28. The molecule has 1 aromatic heterocycles. The van der Waals surface area contributed by atoms with E-state index in [0.717, 1.165) is 11.3 Å². The third-order valence-electron chi connectivity index (χ3n) is 5.03. The molecule has 0 aliphatic carbocycles. The number of carbonyl (C=O) groups is 2. The minimum absolute atomic E-state index is 0.00107. The molecule has 9 nitrogen and oxygen atoms in total. The fourth-order valence-corrected chi connectivity index (χ4v) is 4.96. The van der Waals surface area contributed by atoms with Crippen LogP contribution in [-0.4, -0.2) is 32.3 Å². The number of nitrogens with one attached hydrogen (secondary N) is 3. The van der Waals surface area contributed by atoms with Crippen LogP contribution in [0.3, 0.4) is 0 Å². The van der Waals surface area contributed by atoms with E-state index in [4.69, 9.17) is 4.74 Å². The predicted octanol–water partition coefficient (Wildman–Crippen LogP) is 4.36. The fraction of sp³-hybridized carbons (Fsp3) is 0.0385. The lowest BCUT2D eigenvalue weighted by Gasteiger charge is -2.12. The number of aromatic nitrogens is 1. The van der Waals surface area contributed by atoms with Gasteiger partial charge in [0, 0.05) is 22.8 Å². The first-order chi connectivity index (χ1) is 17.8. The summed E-state index contributed by atoms with van der Waals surface area (Å²) >= 11 is 1.16. The molecular formula is C26H22N4O5S2. The van der Waals surface area contributed by atoms with Crippen LogP contribution in [0.25, 0.3) is 6.08 Å². The Morgan fingerprint density at radius 3 is 2.27 bits per heavy atom. The number of rotatable bonds is 9. The van der Waals surface area contributed by atoms with Crippen molar-refractivity contribution in [3.63, 3.8) is 0 Å². The maximum absolute atomic E-state index is 13.1. The van der Waals surface area contributed by atoms with Gasteiger partial charge in [-0.2, -0.15) is 0 Å². The molecule has 0 aliphatic heterocycles. The first-order valence-electron chi connectivity index (χ1n) is 10.9. The van der Waals surface area contributed by atoms with E-state index in [2.05, 4.69) is 20.3 Å². The molecule has 3 aromatic carbocycles. The normalized spacial score (nSPS) is 11.4. The van der Waals surface area contributed by atoms with Crippen LogP contribution in [0.1, 0.15) is 15.9 Å². The van der Waals surface area contributed by atoms with Crippen LogP contribution in [0.5, 0.6) is 5.75 Å². The van der Waals surface area contributed by atoms with Crippen LogP contribution in [-0.2, 0) is 14.8 Å². The van der Waals surface area contributed by atoms with Crippen molar-refractivity contribution in [1.29, 1.82) is 0 Å². The second kappa shape index (κ2) is 11.5. The standard InChI is InChI=1S/C26H22N4O5S2/c1-35-21-11-7-18(8-12-21)17-23(29-24(31)19-5-3-2-4-6-19)25(32)28-20-9-13-22(14-10-20)37(33,34)30-26-27-15-16-36-26/h2-17H,1H3,(H,27,30)(H,28,32)(H,29,31). The number of carbonyl (C=O) groups excluding carboxylic acids is 2. The largest absolute Gasteiger partial charge is 0.497 e. The highest BCUT2D eigenvalue weighted by atomic mass is 32.2. The summed E-state index contributed by atoms with van der Waals surface area (Å²) in [6.45, 7) is 0. The molecule has 0 saturated carbocycles. The third-order valence-corrected chi connectivity index (χ3v) is 7.20. The molecule has 1 heterocycles. The van der Waals surface area contributed by atoms with E-state index >= 15 is 0 Å². The first-order valence-corrected chi connectivity index (χ1v) is 13.3. The van der Waals surface area contributed by atoms with Gasteiger partial charge in [-0.05, 0) is 60.2 Å². The molecule has 0 fully saturated rings. The number of hydrogen-bond acceptors (Lipinski definition) is 7. The Morgan fingerprint density at radius 2 is 1.65 bits per heavy atom. The Labute approximate surface area is 217 Å². The van der Waals surface area contributed by atoms with Crippen molar-refractivity contribution in [1.82, 2.24) is 10.3 Å². The molecule has 188 valence electrons. The second-order valence-electron chi connectivity index (χ2n) is 7.57. The number of ether oxygens (including phenoxy) is 1. The molecule has 0 atom stereocenters. The lowest BCUT2D eigenvalue weighted by Crippen LogP contribution is -2.30. The molecule has 0 aliphatic rings. The van der Waals surface area contributed by atoms with Gasteiger partial charge in [-0.3, -0.25) is 14.3 Å². The van der Waals surface area contributed by atoms with Crippen molar-refractivity contribution >= 4 is 50.1 Å². The van der Waals surface area contributed by atoms with Crippen molar-refractivity contribution in [2.75, 3.05) is 17.1 Å². The molecular weight excluding hydrogens is 512 g/mol. The highest BCUT2D eigenvalue weighted by Crippen LogP contribution is 2.20. The summed E-state index contributed by atoms with van der Waals surface area (Å²) in [5.74, 6) is -0.391. The lowest BCUT2D eigenvalue weighted by molar-refractivity contribution is -0.113. The Hall–Kier alpha value is -4.48. The van der Waals surface area contributed by atoms with Gasteiger partial charge in [-0.25, -0.2) is 13.4 Å². The Morgan fingerprint density at radius 1 is 0.946 bits per heavy atom. The molecule has 37 heavy (non-hydrogen) atoms. The van der Waals surface area contributed by atoms with Gasteiger partial charge in [0.2, 0.25) is 0 Å². The summed E-state index contributed by atoms with van der Waals surface area (Å²) in [5, 5.41) is 7.26. The number of amides is 2. The minimum atomic E-state index is -3.83. The van der Waals surface area contributed by atoms with Crippen LogP contribution in [0, 0.1) is 0 Å². The number of benzene rings is 3. The number of sulfonamides is 1. The number of anilines is 2. The van der Waals surface area contributed by atoms with E-state index in [1.54, 1.807) is 67.1 Å². The summed E-state index contributed by atoms with van der Waals surface area (Å²) in [5.41, 5.74) is 1.39. The van der Waals surface area contributed by atoms with Crippen molar-refractivity contribution in [3.05, 3.63) is 107 Å². The molecule has 4 aromatic rings. The van der Waals surface area contributed by atoms with E-state index in [9.17, 15) is 18.0 Å². The molecule has 0 unspecified atom stereocenters. The molecule has 11 heteroatoms. The number of hydrogen-bond donors (Lipinski definition) is 3. The third kappa shape index (κ3) is 6.81. The maximum atomic E-state index is 13.1. The summed E-state index contributed by atoms with van der Waals surface area (Å²) in [4.78, 5) is 29.8. The average Bonchev–Trinajstić information content (AvgIpc) is 3.42. The molecule has 0 spiro atoms. The zero-order valence-corrected chi connectivity index (χ0v) is 21.2. The van der Waals surface area contributed by atoms with Gasteiger partial charge in [0.1, 0.15) is 11.4 Å². The van der Waals surface area contributed by atoms with E-state index in [1.165, 1.54) is 36.5 Å². The second-order valence-corrected chi connectivity index (χ2v) is 10.1.